The lowest BCUT2D eigenvalue weighted by molar-refractivity contribution is -0.125. The Hall–Kier alpha value is -0.610. The maximum absolute atomic E-state index is 11.8. The molecule has 0 spiro atoms. The van der Waals surface area contributed by atoms with Gasteiger partial charge in [0.05, 0.1) is 12.5 Å². The molecule has 2 rings (SSSR count). The summed E-state index contributed by atoms with van der Waals surface area (Å²) in [5, 5.41) is 6.38. The minimum atomic E-state index is 0.153. The summed E-state index contributed by atoms with van der Waals surface area (Å²) in [5.74, 6) is 0.153. The molecule has 16 heavy (non-hydrogen) atoms. The van der Waals surface area contributed by atoms with Gasteiger partial charge in [-0.05, 0) is 38.6 Å². The van der Waals surface area contributed by atoms with Gasteiger partial charge < -0.3 is 15.4 Å². The van der Waals surface area contributed by atoms with Gasteiger partial charge in [0.1, 0.15) is 0 Å². The van der Waals surface area contributed by atoms with E-state index in [4.69, 9.17) is 4.74 Å². The lowest BCUT2D eigenvalue weighted by Crippen LogP contribution is -2.46. The Kier molecular flexibility index (Phi) is 4.60. The highest BCUT2D eigenvalue weighted by molar-refractivity contribution is 5.76. The van der Waals surface area contributed by atoms with E-state index in [1.165, 1.54) is 6.42 Å². The molecule has 4 nitrogen and oxygen atoms in total. The molecular formula is C12H22N2O2. The summed E-state index contributed by atoms with van der Waals surface area (Å²) in [7, 11) is 0. The molecule has 92 valence electrons. The van der Waals surface area contributed by atoms with Gasteiger partial charge in [-0.25, -0.2) is 0 Å². The van der Waals surface area contributed by atoms with E-state index >= 15 is 0 Å². The summed E-state index contributed by atoms with van der Waals surface area (Å²) in [5.41, 5.74) is 0. The fourth-order valence-corrected chi connectivity index (χ4v) is 2.44. The van der Waals surface area contributed by atoms with Crippen LogP contribution >= 0.6 is 0 Å². The van der Waals surface area contributed by atoms with Crippen LogP contribution in [0, 0.1) is 0 Å². The number of piperidine rings is 1. The average molecular weight is 226 g/mol. The highest BCUT2D eigenvalue weighted by atomic mass is 16.5. The van der Waals surface area contributed by atoms with Crippen LogP contribution in [0.15, 0.2) is 0 Å². The number of hydrogen-bond acceptors (Lipinski definition) is 3. The first-order chi connectivity index (χ1) is 7.84. The molecule has 0 aromatic rings. The SMILES string of the molecule is O=C(CC1CCCCO1)N[C@H]1CCCNC1. The Morgan fingerprint density at radius 2 is 2.25 bits per heavy atom. The second kappa shape index (κ2) is 6.21. The fraction of sp³-hybridized carbons (Fsp3) is 0.917. The zero-order chi connectivity index (χ0) is 11.2. The van der Waals surface area contributed by atoms with Crippen molar-refractivity contribution in [1.29, 1.82) is 0 Å². The van der Waals surface area contributed by atoms with E-state index < -0.39 is 0 Å². The number of rotatable bonds is 3. The topological polar surface area (TPSA) is 50.4 Å². The molecule has 1 unspecified atom stereocenters. The second-order valence-corrected chi connectivity index (χ2v) is 4.80. The lowest BCUT2D eigenvalue weighted by atomic mass is 10.0. The van der Waals surface area contributed by atoms with Gasteiger partial charge in [0.15, 0.2) is 0 Å². The Balaban J connectivity index is 1.66. The molecule has 4 heteroatoms. The van der Waals surface area contributed by atoms with Gasteiger partial charge in [-0.3, -0.25) is 4.79 Å². The van der Waals surface area contributed by atoms with Crippen LogP contribution in [0.2, 0.25) is 0 Å². The van der Waals surface area contributed by atoms with Gasteiger partial charge in [0, 0.05) is 19.2 Å². The van der Waals surface area contributed by atoms with Crippen molar-refractivity contribution in [2.75, 3.05) is 19.7 Å². The minimum Gasteiger partial charge on any atom is -0.378 e. The largest absolute Gasteiger partial charge is 0.378 e. The predicted molar refractivity (Wildman–Crippen MR) is 62.2 cm³/mol. The van der Waals surface area contributed by atoms with Gasteiger partial charge >= 0.3 is 0 Å². The first-order valence-electron chi connectivity index (χ1n) is 6.46. The summed E-state index contributed by atoms with van der Waals surface area (Å²) < 4.78 is 5.56. The van der Waals surface area contributed by atoms with Crippen molar-refractivity contribution < 1.29 is 9.53 Å². The number of ether oxygens (including phenoxy) is 1. The van der Waals surface area contributed by atoms with E-state index in [0.29, 0.717) is 12.5 Å². The van der Waals surface area contributed by atoms with Crippen molar-refractivity contribution in [1.82, 2.24) is 10.6 Å². The van der Waals surface area contributed by atoms with Gasteiger partial charge in [0.25, 0.3) is 0 Å². The molecule has 2 N–H and O–H groups in total. The van der Waals surface area contributed by atoms with Crippen molar-refractivity contribution in [3.63, 3.8) is 0 Å². The van der Waals surface area contributed by atoms with Crippen LogP contribution in [-0.2, 0) is 9.53 Å². The van der Waals surface area contributed by atoms with E-state index in [9.17, 15) is 4.79 Å². The highest BCUT2D eigenvalue weighted by Gasteiger charge is 2.20. The van der Waals surface area contributed by atoms with Crippen LogP contribution < -0.4 is 10.6 Å². The normalized spacial score (nSPS) is 31.0. The Morgan fingerprint density at radius 3 is 2.94 bits per heavy atom. The molecule has 0 aromatic heterocycles. The third kappa shape index (κ3) is 3.76. The van der Waals surface area contributed by atoms with Crippen molar-refractivity contribution in [3.05, 3.63) is 0 Å². The van der Waals surface area contributed by atoms with Crippen LogP contribution in [0.4, 0.5) is 0 Å². The minimum absolute atomic E-state index is 0.153. The van der Waals surface area contributed by atoms with Crippen molar-refractivity contribution >= 4 is 5.91 Å². The summed E-state index contributed by atoms with van der Waals surface area (Å²) in [6.07, 6.45) is 6.33. The van der Waals surface area contributed by atoms with Crippen LogP contribution in [0.5, 0.6) is 0 Å². The Labute approximate surface area is 97.1 Å². The average Bonchev–Trinajstić information content (AvgIpc) is 2.31. The van der Waals surface area contributed by atoms with Crippen LogP contribution in [0.1, 0.15) is 38.5 Å². The van der Waals surface area contributed by atoms with Gasteiger partial charge in [0.2, 0.25) is 5.91 Å². The summed E-state index contributed by atoms with van der Waals surface area (Å²) in [6.45, 7) is 2.82. The third-order valence-electron chi connectivity index (χ3n) is 3.35. The molecule has 0 aliphatic carbocycles. The molecule has 1 amide bonds. The van der Waals surface area contributed by atoms with E-state index in [1.807, 2.05) is 0 Å². The van der Waals surface area contributed by atoms with Gasteiger partial charge in [-0.15, -0.1) is 0 Å². The molecule has 0 radical (unpaired) electrons. The molecule has 2 aliphatic heterocycles. The molecule has 0 saturated carbocycles. The zero-order valence-electron chi connectivity index (χ0n) is 9.84. The first kappa shape index (κ1) is 11.9. The summed E-state index contributed by atoms with van der Waals surface area (Å²) in [4.78, 5) is 11.8. The maximum atomic E-state index is 11.8. The fourth-order valence-electron chi connectivity index (χ4n) is 2.44. The monoisotopic (exact) mass is 226 g/mol. The molecule has 2 saturated heterocycles. The van der Waals surface area contributed by atoms with Crippen molar-refractivity contribution in [2.45, 2.75) is 50.7 Å². The third-order valence-corrected chi connectivity index (χ3v) is 3.35. The number of amides is 1. The van der Waals surface area contributed by atoms with E-state index in [1.54, 1.807) is 0 Å². The van der Waals surface area contributed by atoms with E-state index in [-0.39, 0.29) is 12.0 Å². The molecule has 2 heterocycles. The first-order valence-corrected chi connectivity index (χ1v) is 6.46. The van der Waals surface area contributed by atoms with E-state index in [0.717, 1.165) is 45.4 Å². The van der Waals surface area contributed by atoms with Crippen LogP contribution in [0.25, 0.3) is 0 Å². The summed E-state index contributed by atoms with van der Waals surface area (Å²) in [6, 6.07) is 0.324. The van der Waals surface area contributed by atoms with Crippen molar-refractivity contribution in [3.8, 4) is 0 Å². The number of nitrogens with one attached hydrogen (secondary N) is 2. The molecule has 2 fully saturated rings. The molecule has 0 aromatic carbocycles. The van der Waals surface area contributed by atoms with Gasteiger partial charge in [-0.2, -0.15) is 0 Å². The number of carbonyl (C=O) groups is 1. The molecule has 2 atom stereocenters. The quantitative estimate of drug-likeness (QED) is 0.749. The lowest BCUT2D eigenvalue weighted by Gasteiger charge is -2.26. The highest BCUT2D eigenvalue weighted by Crippen LogP contribution is 2.15. The Morgan fingerprint density at radius 1 is 1.31 bits per heavy atom. The maximum Gasteiger partial charge on any atom is 0.222 e. The van der Waals surface area contributed by atoms with Crippen LogP contribution in [-0.4, -0.2) is 37.7 Å². The van der Waals surface area contributed by atoms with E-state index in [2.05, 4.69) is 10.6 Å². The summed E-state index contributed by atoms with van der Waals surface area (Å²) >= 11 is 0. The predicted octanol–water partition coefficient (Wildman–Crippen LogP) is 0.814. The smallest absolute Gasteiger partial charge is 0.222 e. The van der Waals surface area contributed by atoms with Gasteiger partial charge in [-0.1, -0.05) is 0 Å². The second-order valence-electron chi connectivity index (χ2n) is 4.80. The van der Waals surface area contributed by atoms with Crippen molar-refractivity contribution in [2.24, 2.45) is 0 Å². The standard InChI is InChI=1S/C12H22N2O2/c15-12(8-11-5-1-2-7-16-11)14-10-4-3-6-13-9-10/h10-11,13H,1-9H2,(H,14,15)/t10-,11?/m0/s1. The number of carbonyl (C=O) groups excluding carboxylic acids is 1. The number of hydrogen-bond donors (Lipinski definition) is 2. The molecular weight excluding hydrogens is 204 g/mol. The Bertz CT molecular complexity index is 199. The van der Waals surface area contributed by atoms with Crippen LogP contribution in [0.3, 0.4) is 0 Å². The molecule has 0 bridgehead atoms. The zero-order valence-corrected chi connectivity index (χ0v) is 9.84. The molecule has 2 aliphatic rings.